The minimum absolute atomic E-state index is 0.169. The molecule has 1 fully saturated rings. The monoisotopic (exact) mass is 492 g/mol. The molecule has 1 saturated heterocycles. The topological polar surface area (TPSA) is 122 Å². The van der Waals surface area contributed by atoms with Crippen molar-refractivity contribution in [3.05, 3.63) is 47.7 Å². The molecule has 2 aromatic carbocycles. The van der Waals surface area contributed by atoms with E-state index in [1.54, 1.807) is 0 Å². The lowest BCUT2D eigenvalue weighted by Gasteiger charge is -2.24. The number of anilines is 1. The number of nitrogens with zero attached hydrogens (tertiary/aromatic N) is 1. The fraction of sp³-hybridized carbons (Fsp3) is 0.346. The molecule has 1 aromatic heterocycles. The predicted molar refractivity (Wildman–Crippen MR) is 133 cm³/mol. The van der Waals surface area contributed by atoms with Gasteiger partial charge in [-0.1, -0.05) is 18.2 Å². The van der Waals surface area contributed by atoms with Crippen LogP contribution in [0.25, 0.3) is 10.9 Å². The van der Waals surface area contributed by atoms with Gasteiger partial charge in [-0.15, -0.1) is 0 Å². The van der Waals surface area contributed by atoms with Crippen LogP contribution in [0.2, 0.25) is 0 Å². The van der Waals surface area contributed by atoms with Crippen LogP contribution in [-0.2, 0) is 16.0 Å². The number of H-pyrrole nitrogens is 1. The summed E-state index contributed by atoms with van der Waals surface area (Å²) in [5.41, 5.74) is 3.53. The lowest BCUT2D eigenvalue weighted by Crippen LogP contribution is -2.38. The first-order valence-electron chi connectivity index (χ1n) is 11.8. The summed E-state index contributed by atoms with van der Waals surface area (Å²) in [7, 11) is 4.36. The number of nitrogens with one attached hydrogen (secondary N) is 3. The molecule has 1 aliphatic heterocycles. The number of ether oxygens (including phenoxy) is 3. The molecular weight excluding hydrogens is 464 g/mol. The smallest absolute Gasteiger partial charge is 0.329 e. The van der Waals surface area contributed by atoms with E-state index in [-0.39, 0.29) is 24.1 Å². The number of hydrogen-bond donors (Lipinski definition) is 3. The third-order valence-corrected chi connectivity index (χ3v) is 6.77. The number of fused-ring (bicyclic) bond motifs is 3. The zero-order chi connectivity index (χ0) is 25.4. The van der Waals surface area contributed by atoms with Gasteiger partial charge in [0.25, 0.3) is 5.91 Å². The van der Waals surface area contributed by atoms with Crippen molar-refractivity contribution in [3.8, 4) is 17.2 Å². The van der Waals surface area contributed by atoms with Crippen LogP contribution in [-0.4, -0.2) is 50.2 Å². The van der Waals surface area contributed by atoms with E-state index >= 15 is 0 Å². The van der Waals surface area contributed by atoms with Crippen molar-refractivity contribution < 1.29 is 28.6 Å². The number of aromatic amines is 1. The number of amides is 4. The molecule has 1 unspecified atom stereocenters. The van der Waals surface area contributed by atoms with Crippen LogP contribution in [0, 0.1) is 0 Å². The molecule has 3 aromatic rings. The number of imide groups is 1. The largest absolute Gasteiger partial charge is 0.493 e. The van der Waals surface area contributed by atoms with Crippen LogP contribution in [0.4, 0.5) is 10.5 Å². The van der Waals surface area contributed by atoms with Crippen LogP contribution in [0.5, 0.6) is 17.2 Å². The summed E-state index contributed by atoms with van der Waals surface area (Å²) in [5.74, 6) is 0.118. The van der Waals surface area contributed by atoms with Gasteiger partial charge in [-0.3, -0.25) is 9.59 Å². The van der Waals surface area contributed by atoms with E-state index in [1.807, 2.05) is 18.2 Å². The Bertz CT molecular complexity index is 1320. The number of aryl methyl sites for hydroxylation is 1. The summed E-state index contributed by atoms with van der Waals surface area (Å²) in [6, 6.07) is 9.34. The highest BCUT2D eigenvalue weighted by Gasteiger charge is 2.41. The van der Waals surface area contributed by atoms with Crippen LogP contribution in [0.15, 0.2) is 36.4 Å². The Hall–Kier alpha value is -4.21. The number of para-hydroxylation sites is 1. The normalized spacial score (nSPS) is 19.1. The molecule has 188 valence electrons. The third-order valence-electron chi connectivity index (χ3n) is 6.77. The van der Waals surface area contributed by atoms with E-state index < -0.39 is 18.0 Å². The Morgan fingerprint density at radius 1 is 1.08 bits per heavy atom. The molecule has 5 rings (SSSR count). The van der Waals surface area contributed by atoms with Crippen molar-refractivity contribution in [2.24, 2.45) is 0 Å². The fourth-order valence-electron chi connectivity index (χ4n) is 5.11. The Morgan fingerprint density at radius 2 is 1.81 bits per heavy atom. The summed E-state index contributed by atoms with van der Waals surface area (Å²) in [6.45, 7) is 0. The van der Waals surface area contributed by atoms with Crippen LogP contribution < -0.4 is 29.7 Å². The van der Waals surface area contributed by atoms with Crippen LogP contribution >= 0.6 is 0 Å². The molecule has 10 heteroatoms. The highest BCUT2D eigenvalue weighted by atomic mass is 16.5. The van der Waals surface area contributed by atoms with Gasteiger partial charge in [-0.05, 0) is 30.9 Å². The second-order valence-electron chi connectivity index (χ2n) is 8.84. The molecule has 2 aliphatic rings. The third kappa shape index (κ3) is 3.98. The van der Waals surface area contributed by atoms with E-state index in [0.29, 0.717) is 17.2 Å². The highest BCUT2D eigenvalue weighted by Crippen LogP contribution is 2.42. The van der Waals surface area contributed by atoms with E-state index in [9.17, 15) is 14.4 Å². The average molecular weight is 493 g/mol. The predicted octanol–water partition coefficient (Wildman–Crippen LogP) is 3.20. The average Bonchev–Trinajstić information content (AvgIpc) is 3.40. The van der Waals surface area contributed by atoms with E-state index in [0.717, 1.165) is 35.4 Å². The maximum Gasteiger partial charge on any atom is 0.329 e. The molecule has 2 atom stereocenters. The van der Waals surface area contributed by atoms with E-state index in [2.05, 4.69) is 21.7 Å². The summed E-state index contributed by atoms with van der Waals surface area (Å²) in [4.78, 5) is 43.3. The Balaban J connectivity index is 1.32. The minimum Gasteiger partial charge on any atom is -0.493 e. The lowest BCUT2D eigenvalue weighted by molar-refractivity contribution is -0.126. The van der Waals surface area contributed by atoms with Gasteiger partial charge in [-0.2, -0.15) is 0 Å². The van der Waals surface area contributed by atoms with E-state index in [1.165, 1.54) is 44.4 Å². The molecule has 36 heavy (non-hydrogen) atoms. The van der Waals surface area contributed by atoms with Crippen molar-refractivity contribution >= 4 is 34.4 Å². The number of carbonyl (C=O) groups excluding carboxylic acids is 3. The zero-order valence-corrected chi connectivity index (χ0v) is 20.3. The fourth-order valence-corrected chi connectivity index (χ4v) is 5.11. The number of rotatable bonds is 7. The minimum atomic E-state index is -0.984. The van der Waals surface area contributed by atoms with Crippen molar-refractivity contribution in [2.75, 3.05) is 26.2 Å². The number of urea groups is 1. The van der Waals surface area contributed by atoms with Gasteiger partial charge in [0.05, 0.1) is 39.5 Å². The highest BCUT2D eigenvalue weighted by molar-refractivity contribution is 6.22. The summed E-state index contributed by atoms with van der Waals surface area (Å²) >= 11 is 0. The van der Waals surface area contributed by atoms with Crippen molar-refractivity contribution in [1.29, 1.82) is 0 Å². The van der Waals surface area contributed by atoms with Gasteiger partial charge < -0.3 is 29.8 Å². The molecule has 4 amide bonds. The van der Waals surface area contributed by atoms with Gasteiger partial charge in [0.15, 0.2) is 11.5 Å². The van der Waals surface area contributed by atoms with Crippen molar-refractivity contribution in [1.82, 2.24) is 15.6 Å². The summed E-state index contributed by atoms with van der Waals surface area (Å²) in [6.07, 6.45) is 2.53. The van der Waals surface area contributed by atoms with Gasteiger partial charge in [0.2, 0.25) is 11.7 Å². The molecule has 1 aliphatic carbocycles. The Labute approximate surface area is 207 Å². The van der Waals surface area contributed by atoms with Crippen molar-refractivity contribution in [3.63, 3.8) is 0 Å². The van der Waals surface area contributed by atoms with Crippen LogP contribution in [0.3, 0.4) is 0 Å². The molecule has 0 bridgehead atoms. The van der Waals surface area contributed by atoms with E-state index in [4.69, 9.17) is 14.2 Å². The van der Waals surface area contributed by atoms with Gasteiger partial charge in [-0.25, -0.2) is 9.69 Å². The van der Waals surface area contributed by atoms with Gasteiger partial charge in [0.1, 0.15) is 6.04 Å². The zero-order valence-electron chi connectivity index (χ0n) is 20.3. The molecule has 3 N–H and O–H groups in total. The maximum absolute atomic E-state index is 13.2. The molecular formula is C26H28N4O6. The van der Waals surface area contributed by atoms with Gasteiger partial charge in [0, 0.05) is 28.7 Å². The van der Waals surface area contributed by atoms with Gasteiger partial charge >= 0.3 is 6.03 Å². The second kappa shape index (κ2) is 9.44. The molecule has 0 spiro atoms. The Kier molecular flexibility index (Phi) is 6.17. The first-order valence-corrected chi connectivity index (χ1v) is 11.8. The van der Waals surface area contributed by atoms with Crippen LogP contribution in [0.1, 0.15) is 36.6 Å². The number of methoxy groups -OCH3 is 3. The number of hydrogen-bond acceptors (Lipinski definition) is 6. The summed E-state index contributed by atoms with van der Waals surface area (Å²) in [5, 5.41) is 6.85. The first-order chi connectivity index (χ1) is 17.4. The van der Waals surface area contributed by atoms with Crippen molar-refractivity contribution in [2.45, 2.75) is 37.8 Å². The maximum atomic E-state index is 13.2. The SMILES string of the molecule is COc1cc(N2C(=O)N[C@@H](CC(=O)NC3CCCc4c3[nH]c3ccccc43)C2=O)cc(OC)c1OC. The molecule has 0 radical (unpaired) electrons. The number of aromatic nitrogens is 1. The summed E-state index contributed by atoms with van der Waals surface area (Å²) < 4.78 is 16.0. The Morgan fingerprint density at radius 3 is 2.50 bits per heavy atom. The standard InChI is InChI=1S/C26H28N4O6/c1-34-20-11-14(12-21(35-2)24(20)36-3)30-25(32)19(29-26(30)33)13-22(31)27-18-10-6-8-16-15-7-4-5-9-17(15)28-23(16)18/h4-5,7,9,11-12,18-19,28H,6,8,10,13H2,1-3H3,(H,27,31)(H,29,33)/t18?,19-/m0/s1. The molecule has 10 nitrogen and oxygen atoms in total. The second-order valence-corrected chi connectivity index (χ2v) is 8.84. The lowest BCUT2D eigenvalue weighted by atomic mass is 9.91. The molecule has 2 heterocycles. The number of benzene rings is 2. The molecule has 0 saturated carbocycles. The number of carbonyl (C=O) groups is 3. The quantitative estimate of drug-likeness (QED) is 0.436. The first kappa shape index (κ1) is 23.5.